The van der Waals surface area contributed by atoms with Crippen LogP contribution < -0.4 is 16.6 Å². The molecule has 0 aromatic carbocycles. The third-order valence-electron chi connectivity index (χ3n) is 3.43. The summed E-state index contributed by atoms with van der Waals surface area (Å²) in [6.45, 7) is 8.46. The van der Waals surface area contributed by atoms with E-state index in [1.165, 1.54) is 4.68 Å². The summed E-state index contributed by atoms with van der Waals surface area (Å²) in [6, 6.07) is 0. The third-order valence-corrected chi connectivity index (χ3v) is 3.80. The number of halogens is 1. The van der Waals surface area contributed by atoms with Crippen molar-refractivity contribution in [1.82, 2.24) is 9.78 Å². The van der Waals surface area contributed by atoms with E-state index in [2.05, 4.69) is 17.0 Å². The maximum atomic E-state index is 12.0. The largest absolute Gasteiger partial charge is 0.376 e. The van der Waals surface area contributed by atoms with Crippen LogP contribution in [-0.4, -0.2) is 21.9 Å². The molecule has 19 heavy (non-hydrogen) atoms. The molecule has 3 N–H and O–H groups in total. The first-order valence-electron chi connectivity index (χ1n) is 6.38. The van der Waals surface area contributed by atoms with Crippen LogP contribution in [0.15, 0.2) is 23.6 Å². The predicted octanol–water partition coefficient (Wildman–Crippen LogP) is 2.01. The van der Waals surface area contributed by atoms with Gasteiger partial charge in [0.1, 0.15) is 5.02 Å². The van der Waals surface area contributed by atoms with Crippen molar-refractivity contribution in [2.24, 2.45) is 5.73 Å². The molecular weight excluding hydrogens is 264 g/mol. The zero-order chi connectivity index (χ0) is 14.5. The van der Waals surface area contributed by atoms with Crippen molar-refractivity contribution in [2.45, 2.75) is 38.8 Å². The molecule has 0 amide bonds. The van der Waals surface area contributed by atoms with Crippen LogP contribution in [0.25, 0.3) is 0 Å². The van der Waals surface area contributed by atoms with Crippen molar-refractivity contribution in [2.75, 3.05) is 11.9 Å². The van der Waals surface area contributed by atoms with Gasteiger partial charge >= 0.3 is 0 Å². The van der Waals surface area contributed by atoms with Crippen molar-refractivity contribution in [3.63, 3.8) is 0 Å². The predicted molar refractivity (Wildman–Crippen MR) is 79.7 cm³/mol. The van der Waals surface area contributed by atoms with Crippen LogP contribution in [0.5, 0.6) is 0 Å². The van der Waals surface area contributed by atoms with Crippen molar-refractivity contribution in [1.29, 1.82) is 0 Å². The van der Waals surface area contributed by atoms with Gasteiger partial charge in [-0.1, -0.05) is 31.5 Å². The highest BCUT2D eigenvalue weighted by Crippen LogP contribution is 2.24. The van der Waals surface area contributed by atoms with E-state index in [0.29, 0.717) is 18.8 Å². The minimum absolute atomic E-state index is 0.136. The number of hydrogen-bond acceptors (Lipinski definition) is 4. The van der Waals surface area contributed by atoms with Gasteiger partial charge in [-0.05, 0) is 12.8 Å². The second kappa shape index (κ2) is 6.73. The lowest BCUT2D eigenvalue weighted by Crippen LogP contribution is -2.45. The monoisotopic (exact) mass is 284 g/mol. The lowest BCUT2D eigenvalue weighted by atomic mass is 9.93. The number of anilines is 1. The average molecular weight is 285 g/mol. The molecule has 6 heteroatoms. The Hall–Kier alpha value is -1.33. The van der Waals surface area contributed by atoms with Gasteiger partial charge in [-0.15, -0.1) is 6.58 Å². The molecule has 106 valence electrons. The van der Waals surface area contributed by atoms with Crippen LogP contribution in [0.2, 0.25) is 5.02 Å². The Morgan fingerprint density at radius 3 is 2.68 bits per heavy atom. The minimum atomic E-state index is -0.329. The SMILES string of the molecule is C=CCn1ncc(NC(CC)(CC)CN)c(Cl)c1=O. The first-order chi connectivity index (χ1) is 9.03. The molecule has 0 spiro atoms. The van der Waals surface area contributed by atoms with E-state index in [4.69, 9.17) is 17.3 Å². The molecule has 0 fully saturated rings. The first-order valence-corrected chi connectivity index (χ1v) is 6.76. The average Bonchev–Trinajstić information content (AvgIpc) is 2.44. The molecule has 0 radical (unpaired) electrons. The number of rotatable bonds is 7. The highest BCUT2D eigenvalue weighted by Gasteiger charge is 2.25. The van der Waals surface area contributed by atoms with E-state index in [1.807, 2.05) is 13.8 Å². The van der Waals surface area contributed by atoms with Gasteiger partial charge in [0.2, 0.25) is 0 Å². The molecule has 1 aromatic heterocycles. The molecule has 0 bridgehead atoms. The molecule has 0 aliphatic rings. The van der Waals surface area contributed by atoms with Crippen molar-refractivity contribution in [3.05, 3.63) is 34.2 Å². The van der Waals surface area contributed by atoms with Crippen LogP contribution in [0, 0.1) is 0 Å². The standard InChI is InChI=1S/C13H21ClN4O/c1-4-7-18-12(19)11(14)10(8-16-18)17-13(5-2,6-3)9-15/h4,8,17H,1,5-7,9,15H2,2-3H3. The van der Waals surface area contributed by atoms with Gasteiger partial charge in [0.25, 0.3) is 5.56 Å². The topological polar surface area (TPSA) is 72.9 Å². The molecule has 0 aliphatic carbocycles. The van der Waals surface area contributed by atoms with E-state index in [-0.39, 0.29) is 16.1 Å². The highest BCUT2D eigenvalue weighted by molar-refractivity contribution is 6.32. The van der Waals surface area contributed by atoms with Crippen LogP contribution in [-0.2, 0) is 6.54 Å². The van der Waals surface area contributed by atoms with Gasteiger partial charge in [-0.3, -0.25) is 4.79 Å². The molecule has 5 nitrogen and oxygen atoms in total. The van der Waals surface area contributed by atoms with E-state index >= 15 is 0 Å². The van der Waals surface area contributed by atoms with Crippen molar-refractivity contribution in [3.8, 4) is 0 Å². The minimum Gasteiger partial charge on any atom is -0.376 e. The second-order valence-corrected chi connectivity index (χ2v) is 4.84. The summed E-state index contributed by atoms with van der Waals surface area (Å²) >= 11 is 6.10. The quantitative estimate of drug-likeness (QED) is 0.751. The highest BCUT2D eigenvalue weighted by atomic mass is 35.5. The Morgan fingerprint density at radius 2 is 2.21 bits per heavy atom. The molecule has 0 atom stereocenters. The Bertz CT molecular complexity index is 486. The van der Waals surface area contributed by atoms with Gasteiger partial charge < -0.3 is 11.1 Å². The third kappa shape index (κ3) is 3.36. The summed E-state index contributed by atoms with van der Waals surface area (Å²) in [7, 11) is 0. The number of nitrogens with zero attached hydrogens (tertiary/aromatic N) is 2. The molecule has 0 saturated heterocycles. The lowest BCUT2D eigenvalue weighted by molar-refractivity contribution is 0.444. The zero-order valence-electron chi connectivity index (χ0n) is 11.4. The Morgan fingerprint density at radius 1 is 1.58 bits per heavy atom. The molecule has 1 aromatic rings. The maximum Gasteiger partial charge on any atom is 0.287 e. The maximum absolute atomic E-state index is 12.0. The Labute approximate surface area is 118 Å². The van der Waals surface area contributed by atoms with E-state index in [0.717, 1.165) is 12.8 Å². The normalized spacial score (nSPS) is 11.4. The fraction of sp³-hybridized carbons (Fsp3) is 0.538. The lowest BCUT2D eigenvalue weighted by Gasteiger charge is -2.32. The Kier molecular flexibility index (Phi) is 5.57. The number of nitrogens with two attached hydrogens (primary N) is 1. The van der Waals surface area contributed by atoms with Crippen LogP contribution >= 0.6 is 11.6 Å². The van der Waals surface area contributed by atoms with Gasteiger partial charge in [0.05, 0.1) is 18.4 Å². The summed E-state index contributed by atoms with van der Waals surface area (Å²) in [5.74, 6) is 0. The van der Waals surface area contributed by atoms with Crippen molar-refractivity contribution >= 4 is 17.3 Å². The van der Waals surface area contributed by atoms with Crippen molar-refractivity contribution < 1.29 is 0 Å². The second-order valence-electron chi connectivity index (χ2n) is 4.46. The fourth-order valence-electron chi connectivity index (χ4n) is 1.86. The molecule has 1 rings (SSSR count). The fourth-order valence-corrected chi connectivity index (χ4v) is 2.05. The molecule has 0 unspecified atom stereocenters. The smallest absolute Gasteiger partial charge is 0.287 e. The summed E-state index contributed by atoms with van der Waals surface area (Å²) < 4.78 is 1.27. The zero-order valence-corrected chi connectivity index (χ0v) is 12.2. The summed E-state index contributed by atoms with van der Waals surface area (Å²) in [5.41, 5.74) is 5.76. The summed E-state index contributed by atoms with van der Waals surface area (Å²) in [6.07, 6.45) is 4.83. The van der Waals surface area contributed by atoms with Gasteiger partial charge in [0, 0.05) is 12.1 Å². The molecule has 1 heterocycles. The summed E-state index contributed by atoms with van der Waals surface area (Å²) in [4.78, 5) is 12.0. The van der Waals surface area contributed by atoms with Crippen LogP contribution in [0.3, 0.4) is 0 Å². The van der Waals surface area contributed by atoms with E-state index < -0.39 is 0 Å². The molecule has 0 aliphatic heterocycles. The van der Waals surface area contributed by atoms with Gasteiger partial charge in [-0.25, -0.2) is 4.68 Å². The molecular formula is C13H21ClN4O. The number of aromatic nitrogens is 2. The number of allylic oxidation sites excluding steroid dienone is 1. The summed E-state index contributed by atoms with van der Waals surface area (Å²) in [5, 5.41) is 7.46. The van der Waals surface area contributed by atoms with Crippen LogP contribution in [0.1, 0.15) is 26.7 Å². The van der Waals surface area contributed by atoms with Gasteiger partial charge in [0.15, 0.2) is 0 Å². The number of nitrogens with one attached hydrogen (secondary N) is 1. The molecule has 0 saturated carbocycles. The Balaban J connectivity index is 3.13. The van der Waals surface area contributed by atoms with Gasteiger partial charge in [-0.2, -0.15) is 5.10 Å². The van der Waals surface area contributed by atoms with Crippen LogP contribution in [0.4, 0.5) is 5.69 Å². The first kappa shape index (κ1) is 15.7. The number of hydrogen-bond donors (Lipinski definition) is 2. The van der Waals surface area contributed by atoms with E-state index in [9.17, 15) is 4.79 Å². The van der Waals surface area contributed by atoms with E-state index in [1.54, 1.807) is 12.3 Å².